The quantitative estimate of drug-likeness (QED) is 0.841. The zero-order chi connectivity index (χ0) is 15.2. The van der Waals surface area contributed by atoms with Gasteiger partial charge in [0.05, 0.1) is 5.92 Å². The minimum atomic E-state index is -0.219. The fourth-order valence-electron chi connectivity index (χ4n) is 1.98. The first-order valence-electron chi connectivity index (χ1n) is 6.93. The van der Waals surface area contributed by atoms with E-state index in [0.717, 1.165) is 11.3 Å². The molecule has 1 aromatic carbocycles. The van der Waals surface area contributed by atoms with Crippen molar-refractivity contribution >= 4 is 12.4 Å². The Kier molecular flexibility index (Phi) is 4.82. The molecular formula is C17H19N3O. The van der Waals surface area contributed by atoms with Gasteiger partial charge in [-0.2, -0.15) is 0 Å². The molecule has 21 heavy (non-hydrogen) atoms. The third kappa shape index (κ3) is 3.75. The van der Waals surface area contributed by atoms with E-state index in [1.165, 1.54) is 12.3 Å². The van der Waals surface area contributed by atoms with E-state index in [4.69, 9.17) is 5.41 Å². The third-order valence-electron chi connectivity index (χ3n) is 3.08. The van der Waals surface area contributed by atoms with Crippen molar-refractivity contribution < 1.29 is 0 Å². The lowest BCUT2D eigenvalue weighted by molar-refractivity contribution is 0.835. The Bertz CT molecular complexity index is 687. The summed E-state index contributed by atoms with van der Waals surface area (Å²) in [6.45, 7) is 3.98. The Labute approximate surface area is 124 Å². The van der Waals surface area contributed by atoms with Crippen LogP contribution in [-0.4, -0.2) is 23.0 Å². The summed E-state index contributed by atoms with van der Waals surface area (Å²) in [5, 5.41) is 7.57. The van der Waals surface area contributed by atoms with Gasteiger partial charge in [0.25, 0.3) is 5.56 Å². The van der Waals surface area contributed by atoms with Crippen molar-refractivity contribution in [3.8, 4) is 5.69 Å². The van der Waals surface area contributed by atoms with E-state index < -0.39 is 0 Å². The fourth-order valence-corrected chi connectivity index (χ4v) is 1.98. The minimum Gasteiger partial charge on any atom is -0.312 e. The van der Waals surface area contributed by atoms with Gasteiger partial charge in [-0.3, -0.25) is 14.4 Å². The summed E-state index contributed by atoms with van der Waals surface area (Å²) in [5.41, 5.74) is 1.60. The van der Waals surface area contributed by atoms with Crippen molar-refractivity contribution in [1.82, 2.24) is 4.57 Å². The maximum absolute atomic E-state index is 12.0. The maximum Gasteiger partial charge on any atom is 0.255 e. The summed E-state index contributed by atoms with van der Waals surface area (Å²) in [6.07, 6.45) is 4.87. The molecule has 0 aliphatic carbocycles. The van der Waals surface area contributed by atoms with Gasteiger partial charge < -0.3 is 5.41 Å². The molecule has 0 aliphatic rings. The zero-order valence-corrected chi connectivity index (χ0v) is 12.2. The lowest BCUT2D eigenvalue weighted by atomic mass is 10.0. The predicted molar refractivity (Wildman–Crippen MR) is 87.2 cm³/mol. The van der Waals surface area contributed by atoms with E-state index >= 15 is 0 Å². The normalized spacial score (nSPS) is 12.7. The molecule has 1 heterocycles. The Balaban J connectivity index is 2.43. The van der Waals surface area contributed by atoms with Gasteiger partial charge in [0.15, 0.2) is 0 Å². The molecule has 1 unspecified atom stereocenters. The van der Waals surface area contributed by atoms with Crippen LogP contribution < -0.4 is 5.56 Å². The third-order valence-corrected chi connectivity index (χ3v) is 3.08. The number of aromatic nitrogens is 1. The smallest absolute Gasteiger partial charge is 0.255 e. The van der Waals surface area contributed by atoms with E-state index in [1.807, 2.05) is 44.2 Å². The largest absolute Gasteiger partial charge is 0.312 e. The van der Waals surface area contributed by atoms with Crippen molar-refractivity contribution in [3.05, 3.63) is 64.6 Å². The lowest BCUT2D eigenvalue weighted by Crippen LogP contribution is -2.18. The number of nitrogens with zero attached hydrogens (tertiary/aromatic N) is 2. The molecule has 0 fully saturated rings. The SMILES string of the molecule is CC(C)N=CC(C=N)c1ccc(=O)n(-c2ccccc2)c1. The molecule has 0 aliphatic heterocycles. The average Bonchev–Trinajstić information content (AvgIpc) is 2.50. The number of nitrogens with one attached hydrogen (secondary N) is 1. The van der Waals surface area contributed by atoms with E-state index in [0.29, 0.717) is 0 Å². The molecule has 0 saturated carbocycles. The zero-order valence-electron chi connectivity index (χ0n) is 12.2. The molecule has 2 rings (SSSR count). The number of benzene rings is 1. The number of para-hydroxylation sites is 1. The van der Waals surface area contributed by atoms with Crippen molar-refractivity contribution in [2.75, 3.05) is 0 Å². The molecule has 4 heteroatoms. The molecule has 1 N–H and O–H groups in total. The molecule has 0 bridgehead atoms. The van der Waals surface area contributed by atoms with Gasteiger partial charge in [-0.25, -0.2) is 0 Å². The highest BCUT2D eigenvalue weighted by atomic mass is 16.1. The Morgan fingerprint density at radius 3 is 2.48 bits per heavy atom. The molecular weight excluding hydrogens is 262 g/mol. The van der Waals surface area contributed by atoms with Crippen LogP contribution in [0.25, 0.3) is 5.69 Å². The summed E-state index contributed by atoms with van der Waals surface area (Å²) in [5.74, 6) is -0.219. The van der Waals surface area contributed by atoms with Crippen LogP contribution in [0.2, 0.25) is 0 Å². The maximum atomic E-state index is 12.0. The first-order valence-corrected chi connectivity index (χ1v) is 6.93. The van der Waals surface area contributed by atoms with Crippen LogP contribution in [0.1, 0.15) is 25.3 Å². The molecule has 108 valence electrons. The topological polar surface area (TPSA) is 58.2 Å². The summed E-state index contributed by atoms with van der Waals surface area (Å²) in [7, 11) is 0. The van der Waals surface area contributed by atoms with Crippen LogP contribution in [-0.2, 0) is 0 Å². The van der Waals surface area contributed by atoms with Gasteiger partial charge in [0.1, 0.15) is 0 Å². The number of aliphatic imine (C=N–C) groups is 1. The predicted octanol–water partition coefficient (Wildman–Crippen LogP) is 3.05. The minimum absolute atomic E-state index is 0.0884. The van der Waals surface area contributed by atoms with Crippen LogP contribution in [0, 0.1) is 5.41 Å². The number of hydrogen-bond donors (Lipinski definition) is 1. The lowest BCUT2D eigenvalue weighted by Gasteiger charge is -2.11. The number of hydrogen-bond acceptors (Lipinski definition) is 3. The Morgan fingerprint density at radius 2 is 1.86 bits per heavy atom. The van der Waals surface area contributed by atoms with Gasteiger partial charge in [-0.05, 0) is 31.5 Å². The molecule has 2 aromatic rings. The molecule has 0 saturated heterocycles. The van der Waals surface area contributed by atoms with Gasteiger partial charge in [0.2, 0.25) is 0 Å². The Hall–Kier alpha value is -2.49. The Morgan fingerprint density at radius 1 is 1.14 bits per heavy atom. The molecule has 0 radical (unpaired) electrons. The molecule has 4 nitrogen and oxygen atoms in total. The van der Waals surface area contributed by atoms with E-state index in [2.05, 4.69) is 4.99 Å². The van der Waals surface area contributed by atoms with Gasteiger partial charge in [0, 0.05) is 36.4 Å². The van der Waals surface area contributed by atoms with Crippen LogP contribution in [0.4, 0.5) is 0 Å². The molecule has 1 atom stereocenters. The second kappa shape index (κ2) is 6.79. The van der Waals surface area contributed by atoms with Crippen LogP contribution in [0.3, 0.4) is 0 Å². The van der Waals surface area contributed by atoms with Crippen molar-refractivity contribution in [3.63, 3.8) is 0 Å². The second-order valence-corrected chi connectivity index (χ2v) is 5.09. The second-order valence-electron chi connectivity index (χ2n) is 5.09. The molecule has 1 aromatic heterocycles. The summed E-state index contributed by atoms with van der Waals surface area (Å²) in [6, 6.07) is 12.9. The van der Waals surface area contributed by atoms with Crippen LogP contribution in [0.5, 0.6) is 0 Å². The van der Waals surface area contributed by atoms with Crippen molar-refractivity contribution in [2.45, 2.75) is 25.8 Å². The molecule has 0 spiro atoms. The van der Waals surface area contributed by atoms with E-state index in [-0.39, 0.29) is 17.5 Å². The summed E-state index contributed by atoms with van der Waals surface area (Å²) >= 11 is 0. The van der Waals surface area contributed by atoms with Crippen LogP contribution >= 0.6 is 0 Å². The van der Waals surface area contributed by atoms with Gasteiger partial charge in [-0.15, -0.1) is 0 Å². The van der Waals surface area contributed by atoms with E-state index in [1.54, 1.807) is 23.0 Å². The summed E-state index contributed by atoms with van der Waals surface area (Å²) in [4.78, 5) is 16.4. The number of pyridine rings is 1. The van der Waals surface area contributed by atoms with Crippen molar-refractivity contribution in [1.29, 1.82) is 5.41 Å². The molecule has 0 amide bonds. The highest BCUT2D eigenvalue weighted by Crippen LogP contribution is 2.13. The van der Waals surface area contributed by atoms with E-state index in [9.17, 15) is 4.79 Å². The highest BCUT2D eigenvalue weighted by Gasteiger charge is 2.08. The van der Waals surface area contributed by atoms with Crippen molar-refractivity contribution in [2.24, 2.45) is 4.99 Å². The first-order chi connectivity index (χ1) is 10.1. The van der Waals surface area contributed by atoms with Crippen LogP contribution in [0.15, 0.2) is 58.4 Å². The van der Waals surface area contributed by atoms with Gasteiger partial charge >= 0.3 is 0 Å². The number of rotatable bonds is 5. The monoisotopic (exact) mass is 281 g/mol. The highest BCUT2D eigenvalue weighted by molar-refractivity contribution is 5.88. The fraction of sp³-hybridized carbons (Fsp3) is 0.235. The first kappa shape index (κ1) is 14.9. The standard InChI is InChI=1S/C17H19N3O/c1-13(2)19-11-15(10-18)14-8-9-17(21)20(12-14)16-6-4-3-5-7-16/h3-13,15,18H,1-2H3. The summed E-state index contributed by atoms with van der Waals surface area (Å²) < 4.78 is 1.59. The average molecular weight is 281 g/mol. The van der Waals surface area contributed by atoms with Gasteiger partial charge in [-0.1, -0.05) is 24.3 Å².